The highest BCUT2D eigenvalue weighted by atomic mass is 35.5. The van der Waals surface area contributed by atoms with Gasteiger partial charge in [-0.2, -0.15) is 0 Å². The van der Waals surface area contributed by atoms with Gasteiger partial charge < -0.3 is 4.74 Å². The van der Waals surface area contributed by atoms with Gasteiger partial charge in [0.2, 0.25) is 0 Å². The number of rotatable bonds is 5. The van der Waals surface area contributed by atoms with Gasteiger partial charge in [0.05, 0.1) is 36.4 Å². The number of nitrogens with one attached hydrogen (secondary N) is 1. The van der Waals surface area contributed by atoms with Gasteiger partial charge in [-0.3, -0.25) is 15.1 Å². The van der Waals surface area contributed by atoms with Crippen molar-refractivity contribution in [1.29, 1.82) is 0 Å². The summed E-state index contributed by atoms with van der Waals surface area (Å²) in [6, 6.07) is 5.12. The molecular formula is C12H13Cl2NO3. The van der Waals surface area contributed by atoms with E-state index in [-0.39, 0.29) is 12.4 Å². The number of hydroxylamine groups is 1. The first kappa shape index (κ1) is 14.8. The Labute approximate surface area is 115 Å². The van der Waals surface area contributed by atoms with Crippen molar-refractivity contribution in [3.05, 3.63) is 39.9 Å². The molecule has 0 aliphatic carbocycles. The lowest BCUT2D eigenvalue weighted by molar-refractivity contribution is -0.139. The van der Waals surface area contributed by atoms with Gasteiger partial charge in [0.15, 0.2) is 0 Å². The number of ether oxygens (including phenoxy) is 1. The van der Waals surface area contributed by atoms with Crippen molar-refractivity contribution >= 4 is 34.9 Å². The van der Waals surface area contributed by atoms with Crippen LogP contribution in [-0.4, -0.2) is 20.2 Å². The Morgan fingerprint density at radius 3 is 2.61 bits per heavy atom. The molecule has 6 heteroatoms. The molecule has 1 aromatic carbocycles. The number of methoxy groups -OCH3 is 1. The zero-order valence-electron chi connectivity index (χ0n) is 10.00. The largest absolute Gasteiger partial charge is 0.469 e. The molecule has 1 N–H and O–H groups in total. The predicted octanol–water partition coefficient (Wildman–Crippen LogP) is 3.05. The SMILES string of the molecule is CONC(=CCC(=O)OC)c1ccc(Cl)c(Cl)c1. The number of carbonyl (C=O) groups is 1. The molecule has 0 atom stereocenters. The average molecular weight is 290 g/mol. The minimum atomic E-state index is -0.342. The summed E-state index contributed by atoms with van der Waals surface area (Å²) in [5.74, 6) is -0.342. The second-order valence-electron chi connectivity index (χ2n) is 3.33. The van der Waals surface area contributed by atoms with E-state index in [9.17, 15) is 4.79 Å². The normalized spacial score (nSPS) is 11.2. The Morgan fingerprint density at radius 1 is 1.33 bits per heavy atom. The summed E-state index contributed by atoms with van der Waals surface area (Å²) in [7, 11) is 2.81. The fraction of sp³-hybridized carbons (Fsp3) is 0.250. The quantitative estimate of drug-likeness (QED) is 0.669. The van der Waals surface area contributed by atoms with Crippen molar-refractivity contribution in [2.45, 2.75) is 6.42 Å². The van der Waals surface area contributed by atoms with Crippen molar-refractivity contribution in [2.24, 2.45) is 0 Å². The highest BCUT2D eigenvalue weighted by Crippen LogP contribution is 2.25. The molecule has 0 saturated carbocycles. The van der Waals surface area contributed by atoms with Gasteiger partial charge in [-0.15, -0.1) is 0 Å². The molecular weight excluding hydrogens is 277 g/mol. The van der Waals surface area contributed by atoms with Crippen LogP contribution in [0.15, 0.2) is 24.3 Å². The average Bonchev–Trinajstić information content (AvgIpc) is 2.37. The lowest BCUT2D eigenvalue weighted by Crippen LogP contribution is -2.11. The number of halogens is 2. The summed E-state index contributed by atoms with van der Waals surface area (Å²) in [5.41, 5.74) is 4.05. The number of esters is 1. The monoisotopic (exact) mass is 289 g/mol. The van der Waals surface area contributed by atoms with Crippen LogP contribution in [0.4, 0.5) is 0 Å². The smallest absolute Gasteiger partial charge is 0.309 e. The van der Waals surface area contributed by atoms with Crippen LogP contribution in [0.2, 0.25) is 10.0 Å². The Balaban J connectivity index is 2.96. The maximum atomic E-state index is 11.1. The number of hydrogen-bond donors (Lipinski definition) is 1. The van der Waals surface area contributed by atoms with E-state index < -0.39 is 0 Å². The minimum Gasteiger partial charge on any atom is -0.469 e. The van der Waals surface area contributed by atoms with Crippen LogP contribution in [0.5, 0.6) is 0 Å². The van der Waals surface area contributed by atoms with E-state index in [1.54, 1.807) is 24.3 Å². The van der Waals surface area contributed by atoms with Crippen molar-refractivity contribution in [3.8, 4) is 0 Å². The van der Waals surface area contributed by atoms with E-state index >= 15 is 0 Å². The van der Waals surface area contributed by atoms with Gasteiger partial charge in [0.25, 0.3) is 0 Å². The van der Waals surface area contributed by atoms with E-state index in [0.29, 0.717) is 15.7 Å². The molecule has 0 unspecified atom stereocenters. The second kappa shape index (κ2) is 7.26. The Morgan fingerprint density at radius 2 is 2.06 bits per heavy atom. The number of hydrogen-bond acceptors (Lipinski definition) is 4. The zero-order valence-corrected chi connectivity index (χ0v) is 11.5. The molecule has 0 amide bonds. The lowest BCUT2D eigenvalue weighted by atomic mass is 10.1. The third-order valence-corrected chi connectivity index (χ3v) is 2.88. The van der Waals surface area contributed by atoms with Gasteiger partial charge in [0, 0.05) is 5.56 Å². The molecule has 18 heavy (non-hydrogen) atoms. The lowest BCUT2D eigenvalue weighted by Gasteiger charge is -2.10. The summed E-state index contributed by atoms with van der Waals surface area (Å²) in [6.45, 7) is 0. The molecule has 0 fully saturated rings. The highest BCUT2D eigenvalue weighted by molar-refractivity contribution is 6.42. The number of benzene rings is 1. The van der Waals surface area contributed by atoms with Gasteiger partial charge in [-0.1, -0.05) is 29.3 Å². The minimum absolute atomic E-state index is 0.127. The van der Waals surface area contributed by atoms with E-state index in [1.807, 2.05) is 0 Å². The second-order valence-corrected chi connectivity index (χ2v) is 4.15. The summed E-state index contributed by atoms with van der Waals surface area (Å²) < 4.78 is 4.56. The molecule has 98 valence electrons. The fourth-order valence-electron chi connectivity index (χ4n) is 1.26. The Bertz CT molecular complexity index is 461. The third-order valence-electron chi connectivity index (χ3n) is 2.14. The molecule has 0 aromatic heterocycles. The van der Waals surface area contributed by atoms with Crippen molar-refractivity contribution in [3.63, 3.8) is 0 Å². The summed E-state index contributed by atoms with van der Waals surface area (Å²) in [4.78, 5) is 15.9. The molecule has 0 saturated heterocycles. The van der Waals surface area contributed by atoms with Crippen LogP contribution in [0.1, 0.15) is 12.0 Å². The standard InChI is InChI=1S/C12H13Cl2NO3/c1-17-12(16)6-5-11(15-18-2)8-3-4-9(13)10(14)7-8/h3-5,7,15H,6H2,1-2H3. The molecule has 0 heterocycles. The molecule has 0 bridgehead atoms. The molecule has 0 spiro atoms. The van der Waals surface area contributed by atoms with Crippen molar-refractivity contribution in [1.82, 2.24) is 5.48 Å². The van der Waals surface area contributed by atoms with E-state index in [4.69, 9.17) is 28.0 Å². The van der Waals surface area contributed by atoms with Crippen molar-refractivity contribution in [2.75, 3.05) is 14.2 Å². The summed E-state index contributed by atoms with van der Waals surface area (Å²) in [5, 5.41) is 0.890. The zero-order chi connectivity index (χ0) is 13.5. The van der Waals surface area contributed by atoms with Gasteiger partial charge in [-0.05, 0) is 18.2 Å². The van der Waals surface area contributed by atoms with E-state index in [2.05, 4.69) is 10.2 Å². The first-order valence-corrected chi connectivity index (χ1v) is 5.85. The highest BCUT2D eigenvalue weighted by Gasteiger charge is 2.06. The van der Waals surface area contributed by atoms with Crippen LogP contribution >= 0.6 is 23.2 Å². The first-order valence-electron chi connectivity index (χ1n) is 5.10. The van der Waals surface area contributed by atoms with Crippen LogP contribution in [-0.2, 0) is 14.4 Å². The van der Waals surface area contributed by atoms with Crippen LogP contribution in [0.3, 0.4) is 0 Å². The topological polar surface area (TPSA) is 47.6 Å². The molecule has 4 nitrogen and oxygen atoms in total. The van der Waals surface area contributed by atoms with Crippen LogP contribution in [0, 0.1) is 0 Å². The van der Waals surface area contributed by atoms with E-state index in [1.165, 1.54) is 14.2 Å². The Kier molecular flexibility index (Phi) is 5.98. The maximum absolute atomic E-state index is 11.1. The van der Waals surface area contributed by atoms with Crippen LogP contribution < -0.4 is 5.48 Å². The maximum Gasteiger partial charge on any atom is 0.309 e. The van der Waals surface area contributed by atoms with Crippen molar-refractivity contribution < 1.29 is 14.4 Å². The summed E-state index contributed by atoms with van der Waals surface area (Å²) in [6.07, 6.45) is 1.78. The number of carbonyl (C=O) groups excluding carboxylic acids is 1. The molecule has 0 radical (unpaired) electrons. The molecule has 0 aliphatic heterocycles. The summed E-state index contributed by atoms with van der Waals surface area (Å²) >= 11 is 11.8. The first-order chi connectivity index (χ1) is 8.58. The van der Waals surface area contributed by atoms with E-state index in [0.717, 1.165) is 5.56 Å². The van der Waals surface area contributed by atoms with Gasteiger partial charge in [-0.25, -0.2) is 0 Å². The molecule has 1 aromatic rings. The van der Waals surface area contributed by atoms with Crippen LogP contribution in [0.25, 0.3) is 5.70 Å². The molecule has 1 rings (SSSR count). The predicted molar refractivity (Wildman–Crippen MR) is 71.2 cm³/mol. The molecule has 0 aliphatic rings. The van der Waals surface area contributed by atoms with Gasteiger partial charge >= 0.3 is 5.97 Å². The third kappa shape index (κ3) is 4.22. The Hall–Kier alpha value is -1.23. The van der Waals surface area contributed by atoms with Gasteiger partial charge in [0.1, 0.15) is 0 Å². The fourth-order valence-corrected chi connectivity index (χ4v) is 1.56.